The number of hydrogen-bond acceptors (Lipinski definition) is 4. The minimum atomic E-state index is -0.498. The molecule has 2 aromatic rings. The molecule has 104 valence electrons. The Morgan fingerprint density at radius 2 is 2.10 bits per heavy atom. The third kappa shape index (κ3) is 2.88. The minimum absolute atomic E-state index is 0.0679. The van der Waals surface area contributed by atoms with Crippen LogP contribution >= 0.6 is 27.3 Å². The molecular formula is C13H11BrN2O3S. The van der Waals surface area contributed by atoms with Crippen LogP contribution in [0, 0.1) is 24.0 Å². The first-order valence-electron chi connectivity index (χ1n) is 5.70. The van der Waals surface area contributed by atoms with Gasteiger partial charge in [-0.2, -0.15) is 0 Å². The fraction of sp³-hybridized carbons (Fsp3) is 0.154. The number of rotatable bonds is 3. The largest absolute Gasteiger partial charge is 0.321 e. The van der Waals surface area contributed by atoms with E-state index >= 15 is 0 Å². The van der Waals surface area contributed by atoms with Gasteiger partial charge in [-0.3, -0.25) is 14.9 Å². The van der Waals surface area contributed by atoms with Crippen LogP contribution in [0.15, 0.2) is 28.1 Å². The molecule has 0 aliphatic carbocycles. The van der Waals surface area contributed by atoms with Crippen LogP contribution in [0.5, 0.6) is 0 Å². The molecule has 1 aromatic heterocycles. The molecule has 0 fully saturated rings. The maximum atomic E-state index is 12.2. The molecule has 0 unspecified atom stereocenters. The molecule has 1 amide bonds. The van der Waals surface area contributed by atoms with Crippen LogP contribution < -0.4 is 5.32 Å². The van der Waals surface area contributed by atoms with E-state index in [1.54, 1.807) is 11.4 Å². The molecule has 0 saturated carbocycles. The number of hydrogen-bond donors (Lipinski definition) is 1. The molecule has 20 heavy (non-hydrogen) atoms. The fourth-order valence-corrected chi connectivity index (χ4v) is 2.86. The van der Waals surface area contributed by atoms with Crippen molar-refractivity contribution in [3.05, 3.63) is 54.2 Å². The molecule has 0 atom stereocenters. The highest BCUT2D eigenvalue weighted by Crippen LogP contribution is 2.28. The average molecular weight is 355 g/mol. The van der Waals surface area contributed by atoms with Crippen molar-refractivity contribution in [2.24, 2.45) is 0 Å². The molecule has 2 rings (SSSR count). The Hall–Kier alpha value is -1.73. The molecule has 1 heterocycles. The van der Waals surface area contributed by atoms with Gasteiger partial charge in [0.05, 0.1) is 16.2 Å². The molecule has 7 heteroatoms. The summed E-state index contributed by atoms with van der Waals surface area (Å²) in [6.45, 7) is 3.82. The first kappa shape index (κ1) is 14.7. The molecule has 5 nitrogen and oxygen atoms in total. The number of halogens is 1. The summed E-state index contributed by atoms with van der Waals surface area (Å²) in [5.74, 6) is -0.270. The smallest absolute Gasteiger partial charge is 0.271 e. The zero-order valence-corrected chi connectivity index (χ0v) is 13.2. The van der Waals surface area contributed by atoms with Gasteiger partial charge in [0.15, 0.2) is 0 Å². The highest BCUT2D eigenvalue weighted by Gasteiger charge is 2.16. The standard InChI is InChI=1S/C13H11BrN2O3S/c1-7-8(2)20-6-10(7)13(17)15-12-5-9(16(18)19)3-4-11(12)14/h3-6H,1-2H3,(H,15,17). The molecule has 0 spiro atoms. The second-order valence-electron chi connectivity index (χ2n) is 4.21. The summed E-state index contributed by atoms with van der Waals surface area (Å²) in [7, 11) is 0. The molecule has 1 aromatic carbocycles. The highest BCUT2D eigenvalue weighted by atomic mass is 79.9. The van der Waals surface area contributed by atoms with Gasteiger partial charge in [-0.15, -0.1) is 11.3 Å². The van der Waals surface area contributed by atoms with E-state index in [-0.39, 0.29) is 11.6 Å². The zero-order chi connectivity index (χ0) is 14.9. The Morgan fingerprint density at radius 3 is 2.65 bits per heavy atom. The summed E-state index contributed by atoms with van der Waals surface area (Å²) in [5, 5.41) is 15.2. The van der Waals surface area contributed by atoms with Crippen molar-refractivity contribution >= 4 is 44.5 Å². The summed E-state index contributed by atoms with van der Waals surface area (Å²) in [5.41, 5.74) is 1.83. The van der Waals surface area contributed by atoms with Crippen LogP contribution in [0.1, 0.15) is 20.8 Å². The monoisotopic (exact) mass is 354 g/mol. The first-order valence-corrected chi connectivity index (χ1v) is 7.37. The summed E-state index contributed by atoms with van der Waals surface area (Å²) < 4.78 is 0.598. The number of amides is 1. The van der Waals surface area contributed by atoms with Gasteiger partial charge in [0.2, 0.25) is 0 Å². The van der Waals surface area contributed by atoms with Crippen molar-refractivity contribution in [1.29, 1.82) is 0 Å². The predicted octanol–water partition coefficient (Wildman–Crippen LogP) is 4.29. The molecule has 0 radical (unpaired) electrons. The highest BCUT2D eigenvalue weighted by molar-refractivity contribution is 9.10. The molecule has 0 aliphatic heterocycles. The van der Waals surface area contributed by atoms with Gasteiger partial charge >= 0.3 is 0 Å². The number of nitrogens with one attached hydrogen (secondary N) is 1. The van der Waals surface area contributed by atoms with E-state index in [0.29, 0.717) is 15.7 Å². The maximum Gasteiger partial charge on any atom is 0.271 e. The number of carbonyl (C=O) groups excluding carboxylic acids is 1. The maximum absolute atomic E-state index is 12.2. The second-order valence-corrected chi connectivity index (χ2v) is 6.14. The number of aryl methyl sites for hydroxylation is 1. The minimum Gasteiger partial charge on any atom is -0.321 e. The van der Waals surface area contributed by atoms with Gasteiger partial charge in [-0.25, -0.2) is 0 Å². The number of non-ortho nitro benzene ring substituents is 1. The van der Waals surface area contributed by atoms with Gasteiger partial charge in [-0.1, -0.05) is 0 Å². The van der Waals surface area contributed by atoms with E-state index in [9.17, 15) is 14.9 Å². The zero-order valence-electron chi connectivity index (χ0n) is 10.8. The van der Waals surface area contributed by atoms with Gasteiger partial charge in [0.1, 0.15) is 0 Å². The number of carbonyl (C=O) groups is 1. The van der Waals surface area contributed by atoms with Gasteiger partial charge in [0.25, 0.3) is 11.6 Å². The van der Waals surface area contributed by atoms with E-state index in [1.807, 2.05) is 13.8 Å². The lowest BCUT2D eigenvalue weighted by atomic mass is 10.1. The van der Waals surface area contributed by atoms with Crippen molar-refractivity contribution in [2.45, 2.75) is 13.8 Å². The van der Waals surface area contributed by atoms with Crippen LogP contribution in [-0.2, 0) is 0 Å². The summed E-state index contributed by atoms with van der Waals surface area (Å²) in [6, 6.07) is 4.25. The number of thiophene rings is 1. The van der Waals surface area contributed by atoms with Gasteiger partial charge in [0, 0.05) is 26.9 Å². The SMILES string of the molecule is Cc1scc(C(=O)Nc2cc([N+](=O)[O-])ccc2Br)c1C. The Balaban J connectivity index is 2.30. The summed E-state index contributed by atoms with van der Waals surface area (Å²) in [6.07, 6.45) is 0. The Labute approximate surface area is 127 Å². The first-order chi connectivity index (χ1) is 9.40. The second kappa shape index (κ2) is 5.72. The Kier molecular flexibility index (Phi) is 4.20. The van der Waals surface area contributed by atoms with Crippen LogP contribution in [-0.4, -0.2) is 10.8 Å². The number of benzene rings is 1. The molecule has 0 bridgehead atoms. The predicted molar refractivity (Wildman–Crippen MR) is 82.5 cm³/mol. The average Bonchev–Trinajstić information content (AvgIpc) is 2.72. The van der Waals surface area contributed by atoms with Crippen LogP contribution in [0.3, 0.4) is 0 Å². The van der Waals surface area contributed by atoms with Crippen molar-refractivity contribution in [3.8, 4) is 0 Å². The Bertz CT molecular complexity index is 697. The van der Waals surface area contributed by atoms with Crippen LogP contribution in [0.4, 0.5) is 11.4 Å². The molecule has 0 aliphatic rings. The Morgan fingerprint density at radius 1 is 1.40 bits per heavy atom. The third-order valence-corrected chi connectivity index (χ3v) is 4.64. The molecule has 0 saturated heterocycles. The third-order valence-electron chi connectivity index (χ3n) is 2.94. The van der Waals surface area contributed by atoms with Gasteiger partial charge in [-0.05, 0) is 41.4 Å². The lowest BCUT2D eigenvalue weighted by Crippen LogP contribution is -2.12. The number of nitro groups is 1. The van der Waals surface area contributed by atoms with E-state index in [0.717, 1.165) is 10.4 Å². The number of anilines is 1. The quantitative estimate of drug-likeness (QED) is 0.660. The summed E-state index contributed by atoms with van der Waals surface area (Å²) >= 11 is 4.77. The van der Waals surface area contributed by atoms with Crippen molar-refractivity contribution < 1.29 is 9.72 Å². The molecular weight excluding hydrogens is 344 g/mol. The fourth-order valence-electron chi connectivity index (χ4n) is 1.65. The van der Waals surface area contributed by atoms with Crippen molar-refractivity contribution in [3.63, 3.8) is 0 Å². The van der Waals surface area contributed by atoms with E-state index in [1.165, 1.54) is 23.5 Å². The summed E-state index contributed by atoms with van der Waals surface area (Å²) in [4.78, 5) is 23.5. The van der Waals surface area contributed by atoms with E-state index in [2.05, 4.69) is 21.2 Å². The number of nitrogens with zero attached hydrogens (tertiary/aromatic N) is 1. The normalized spacial score (nSPS) is 10.3. The number of nitro benzene ring substituents is 1. The van der Waals surface area contributed by atoms with E-state index in [4.69, 9.17) is 0 Å². The van der Waals surface area contributed by atoms with Gasteiger partial charge < -0.3 is 5.32 Å². The lowest BCUT2D eigenvalue weighted by molar-refractivity contribution is -0.384. The van der Waals surface area contributed by atoms with Crippen LogP contribution in [0.2, 0.25) is 0 Å². The molecule has 1 N–H and O–H groups in total. The lowest BCUT2D eigenvalue weighted by Gasteiger charge is -2.07. The topological polar surface area (TPSA) is 72.2 Å². The van der Waals surface area contributed by atoms with E-state index < -0.39 is 4.92 Å². The van der Waals surface area contributed by atoms with Crippen molar-refractivity contribution in [2.75, 3.05) is 5.32 Å². The van der Waals surface area contributed by atoms with Crippen LogP contribution in [0.25, 0.3) is 0 Å². The van der Waals surface area contributed by atoms with Crippen molar-refractivity contribution in [1.82, 2.24) is 0 Å².